The Kier molecular flexibility index (Phi) is 5.26. The van der Waals surface area contributed by atoms with Crippen LogP contribution in [0.25, 0.3) is 0 Å². The zero-order valence-corrected chi connectivity index (χ0v) is 11.3. The number of hydrogen-bond donors (Lipinski definition) is 1. The Morgan fingerprint density at radius 2 is 2.17 bits per heavy atom. The summed E-state index contributed by atoms with van der Waals surface area (Å²) >= 11 is 0. The van der Waals surface area contributed by atoms with Gasteiger partial charge in [0.1, 0.15) is 5.76 Å². The average Bonchev–Trinajstić information content (AvgIpc) is 2.89. The van der Waals surface area contributed by atoms with Crippen molar-refractivity contribution in [2.75, 3.05) is 6.61 Å². The van der Waals surface area contributed by atoms with Crippen LogP contribution in [0.5, 0.6) is 0 Å². The van der Waals surface area contributed by atoms with Gasteiger partial charge in [-0.05, 0) is 37.8 Å². The third kappa shape index (κ3) is 3.59. The summed E-state index contributed by atoms with van der Waals surface area (Å²) < 4.78 is 11.3. The van der Waals surface area contributed by atoms with E-state index in [1.54, 1.807) is 6.26 Å². The van der Waals surface area contributed by atoms with Crippen molar-refractivity contribution in [2.24, 2.45) is 11.7 Å². The van der Waals surface area contributed by atoms with Crippen LogP contribution < -0.4 is 5.73 Å². The van der Waals surface area contributed by atoms with Gasteiger partial charge < -0.3 is 14.9 Å². The molecule has 0 aromatic carbocycles. The maximum Gasteiger partial charge on any atom is 0.105 e. The number of rotatable bonds is 6. The number of furan rings is 1. The normalized spacial score (nSPS) is 20.8. The first-order valence-electron chi connectivity index (χ1n) is 7.20. The zero-order chi connectivity index (χ0) is 12.8. The third-order valence-electron chi connectivity index (χ3n) is 3.91. The maximum atomic E-state index is 6.34. The molecule has 0 spiro atoms. The van der Waals surface area contributed by atoms with Crippen molar-refractivity contribution in [1.82, 2.24) is 0 Å². The lowest BCUT2D eigenvalue weighted by Crippen LogP contribution is -2.44. The molecular formula is C15H25NO2. The molecule has 0 saturated heterocycles. The molecule has 102 valence electrons. The number of nitrogens with two attached hydrogens (primary N) is 1. The molecule has 1 aromatic rings. The SMILES string of the molecule is CCOC(C(N)Cc1ccco1)C1CCCCC1. The molecule has 1 aliphatic rings. The van der Waals surface area contributed by atoms with Crippen molar-refractivity contribution in [3.05, 3.63) is 24.2 Å². The average molecular weight is 251 g/mol. The highest BCUT2D eigenvalue weighted by Gasteiger charge is 2.29. The second-order valence-corrected chi connectivity index (χ2v) is 5.27. The van der Waals surface area contributed by atoms with E-state index in [1.165, 1.54) is 32.1 Å². The lowest BCUT2D eigenvalue weighted by molar-refractivity contribution is -0.00997. The molecule has 0 amide bonds. The Hall–Kier alpha value is -0.800. The molecule has 2 rings (SSSR count). The summed E-state index contributed by atoms with van der Waals surface area (Å²) in [5, 5.41) is 0. The van der Waals surface area contributed by atoms with E-state index in [2.05, 4.69) is 6.92 Å². The minimum Gasteiger partial charge on any atom is -0.469 e. The molecule has 1 fully saturated rings. The van der Waals surface area contributed by atoms with E-state index in [-0.39, 0.29) is 12.1 Å². The number of ether oxygens (including phenoxy) is 1. The minimum atomic E-state index is 0.0409. The van der Waals surface area contributed by atoms with Crippen LogP contribution in [0.3, 0.4) is 0 Å². The second-order valence-electron chi connectivity index (χ2n) is 5.27. The summed E-state index contributed by atoms with van der Waals surface area (Å²) in [6, 6.07) is 3.95. The monoisotopic (exact) mass is 251 g/mol. The van der Waals surface area contributed by atoms with Crippen LogP contribution >= 0.6 is 0 Å². The van der Waals surface area contributed by atoms with Gasteiger partial charge in [-0.3, -0.25) is 0 Å². The molecule has 0 bridgehead atoms. The molecule has 2 atom stereocenters. The highest BCUT2D eigenvalue weighted by atomic mass is 16.5. The van der Waals surface area contributed by atoms with Gasteiger partial charge in [-0.2, -0.15) is 0 Å². The summed E-state index contributed by atoms with van der Waals surface area (Å²) in [7, 11) is 0. The first kappa shape index (κ1) is 13.6. The van der Waals surface area contributed by atoms with E-state index < -0.39 is 0 Å². The molecule has 1 aliphatic carbocycles. The molecule has 0 aliphatic heterocycles. The van der Waals surface area contributed by atoms with E-state index in [9.17, 15) is 0 Å². The van der Waals surface area contributed by atoms with E-state index in [0.29, 0.717) is 5.92 Å². The predicted molar refractivity (Wildman–Crippen MR) is 72.4 cm³/mol. The molecule has 1 aromatic heterocycles. The molecule has 3 nitrogen and oxygen atoms in total. The van der Waals surface area contributed by atoms with Crippen molar-refractivity contribution in [3.8, 4) is 0 Å². The first-order valence-corrected chi connectivity index (χ1v) is 7.20. The van der Waals surface area contributed by atoms with Gasteiger partial charge >= 0.3 is 0 Å². The molecular weight excluding hydrogens is 226 g/mol. The highest BCUT2D eigenvalue weighted by molar-refractivity contribution is 5.01. The lowest BCUT2D eigenvalue weighted by Gasteiger charge is -2.33. The molecule has 2 unspecified atom stereocenters. The summed E-state index contributed by atoms with van der Waals surface area (Å²) in [6.07, 6.45) is 9.19. The van der Waals surface area contributed by atoms with Crippen LogP contribution in [-0.2, 0) is 11.2 Å². The summed E-state index contributed by atoms with van der Waals surface area (Å²) in [4.78, 5) is 0. The zero-order valence-electron chi connectivity index (χ0n) is 11.3. The predicted octanol–water partition coefficient (Wildman–Crippen LogP) is 3.13. The van der Waals surface area contributed by atoms with Crippen molar-refractivity contribution in [2.45, 2.75) is 57.6 Å². The van der Waals surface area contributed by atoms with Crippen LogP contribution in [0.1, 0.15) is 44.8 Å². The highest BCUT2D eigenvalue weighted by Crippen LogP contribution is 2.29. The van der Waals surface area contributed by atoms with Crippen molar-refractivity contribution in [1.29, 1.82) is 0 Å². The van der Waals surface area contributed by atoms with Crippen LogP contribution in [0.2, 0.25) is 0 Å². The van der Waals surface area contributed by atoms with Gasteiger partial charge in [-0.15, -0.1) is 0 Å². The molecule has 3 heteroatoms. The van der Waals surface area contributed by atoms with Crippen molar-refractivity contribution in [3.63, 3.8) is 0 Å². The molecule has 0 radical (unpaired) electrons. The van der Waals surface area contributed by atoms with Gasteiger partial charge in [-0.1, -0.05) is 19.3 Å². The van der Waals surface area contributed by atoms with Gasteiger partial charge in [0.15, 0.2) is 0 Å². The Balaban J connectivity index is 1.94. The van der Waals surface area contributed by atoms with Gasteiger partial charge in [0, 0.05) is 19.1 Å². The second kappa shape index (κ2) is 6.95. The van der Waals surface area contributed by atoms with Crippen molar-refractivity contribution < 1.29 is 9.15 Å². The van der Waals surface area contributed by atoms with E-state index >= 15 is 0 Å². The van der Waals surface area contributed by atoms with Crippen LogP contribution in [-0.4, -0.2) is 18.8 Å². The minimum absolute atomic E-state index is 0.0409. The van der Waals surface area contributed by atoms with E-state index in [1.807, 2.05) is 12.1 Å². The quantitative estimate of drug-likeness (QED) is 0.845. The summed E-state index contributed by atoms with van der Waals surface area (Å²) in [5.41, 5.74) is 6.34. The fraction of sp³-hybridized carbons (Fsp3) is 0.733. The third-order valence-corrected chi connectivity index (χ3v) is 3.91. The topological polar surface area (TPSA) is 48.4 Å². The molecule has 1 saturated carbocycles. The van der Waals surface area contributed by atoms with Gasteiger partial charge in [-0.25, -0.2) is 0 Å². The smallest absolute Gasteiger partial charge is 0.105 e. The number of hydrogen-bond acceptors (Lipinski definition) is 3. The van der Waals surface area contributed by atoms with Crippen LogP contribution in [0, 0.1) is 5.92 Å². The Labute approximate surface area is 110 Å². The fourth-order valence-corrected chi connectivity index (χ4v) is 3.04. The van der Waals surface area contributed by atoms with Crippen LogP contribution in [0.4, 0.5) is 0 Å². The molecule has 2 N–H and O–H groups in total. The van der Waals surface area contributed by atoms with Crippen LogP contribution in [0.15, 0.2) is 22.8 Å². The standard InChI is InChI=1S/C15H25NO2/c1-2-17-15(12-7-4-3-5-8-12)14(16)11-13-9-6-10-18-13/h6,9-10,12,14-15H,2-5,7-8,11,16H2,1H3. The summed E-state index contributed by atoms with van der Waals surface area (Å²) in [5.74, 6) is 1.59. The Morgan fingerprint density at radius 3 is 2.78 bits per heavy atom. The maximum absolute atomic E-state index is 6.34. The Bertz CT molecular complexity index is 317. The fourth-order valence-electron chi connectivity index (χ4n) is 3.04. The van der Waals surface area contributed by atoms with Gasteiger partial charge in [0.05, 0.1) is 12.4 Å². The molecule has 1 heterocycles. The summed E-state index contributed by atoms with van der Waals surface area (Å²) in [6.45, 7) is 2.79. The largest absolute Gasteiger partial charge is 0.469 e. The van der Waals surface area contributed by atoms with Gasteiger partial charge in [0.2, 0.25) is 0 Å². The van der Waals surface area contributed by atoms with E-state index in [4.69, 9.17) is 14.9 Å². The van der Waals surface area contributed by atoms with Crippen molar-refractivity contribution >= 4 is 0 Å². The van der Waals surface area contributed by atoms with Gasteiger partial charge in [0.25, 0.3) is 0 Å². The molecule has 18 heavy (non-hydrogen) atoms. The first-order chi connectivity index (χ1) is 8.81. The lowest BCUT2D eigenvalue weighted by atomic mass is 9.82. The van der Waals surface area contributed by atoms with E-state index in [0.717, 1.165) is 18.8 Å². The Morgan fingerprint density at radius 1 is 1.39 bits per heavy atom.